The van der Waals surface area contributed by atoms with Crippen LogP contribution >= 0.6 is 0 Å². The maximum atomic E-state index is 14.9. The first-order valence-electron chi connectivity index (χ1n) is 29.4. The van der Waals surface area contributed by atoms with Crippen molar-refractivity contribution >= 4 is 23.9 Å². The van der Waals surface area contributed by atoms with Crippen molar-refractivity contribution in [2.75, 3.05) is 13.2 Å². The summed E-state index contributed by atoms with van der Waals surface area (Å²) in [5.41, 5.74) is 0. The third-order valence-electron chi connectivity index (χ3n) is 16.3. The molecule has 0 saturated heterocycles. The number of hydrogen-bond acceptors (Lipinski definition) is 8. The van der Waals surface area contributed by atoms with Crippen LogP contribution in [0, 0.1) is 0 Å². The van der Waals surface area contributed by atoms with Crippen LogP contribution in [0.3, 0.4) is 0 Å². The molecule has 2 atom stereocenters. The van der Waals surface area contributed by atoms with Gasteiger partial charge in [0.15, 0.2) is 0 Å². The molecule has 132 heavy (non-hydrogen) atoms. The van der Waals surface area contributed by atoms with Gasteiger partial charge in [-0.1, -0.05) is 0 Å². The summed E-state index contributed by atoms with van der Waals surface area (Å²) in [6.45, 7) is -6.77. The smallest absolute Gasteiger partial charge is 0.459 e. The minimum Gasteiger partial charge on any atom is -0.459 e. The molecule has 2 unspecified atom stereocenters. The quantitative estimate of drug-likeness (QED) is 0.0257. The van der Waals surface area contributed by atoms with Gasteiger partial charge in [0.25, 0.3) is 0 Å². The predicted octanol–water partition coefficient (Wildman–Crippen LogP) is 24.0. The van der Waals surface area contributed by atoms with E-state index in [1.807, 2.05) is 0 Å². The summed E-state index contributed by atoms with van der Waals surface area (Å²) in [7, 11) is 0. The summed E-state index contributed by atoms with van der Waals surface area (Å²) >= 11 is 0. The van der Waals surface area contributed by atoms with Crippen molar-refractivity contribution in [2.45, 2.75) is 253 Å². The number of halogens is 74. The van der Waals surface area contributed by atoms with Crippen LogP contribution in [0.15, 0.2) is 12.2 Å². The van der Waals surface area contributed by atoms with Gasteiger partial charge in [-0.3, -0.25) is 9.59 Å². The fourth-order valence-electron chi connectivity index (χ4n) is 8.49. The molecule has 0 fully saturated rings. The molecule has 0 rings (SSSR count). The van der Waals surface area contributed by atoms with Crippen molar-refractivity contribution < 1.29 is 363 Å². The molecule has 784 valence electrons. The zero-order valence-electron chi connectivity index (χ0n) is 58.4. The van der Waals surface area contributed by atoms with Crippen molar-refractivity contribution in [3.63, 3.8) is 0 Å². The molecule has 0 aliphatic rings. The highest BCUT2D eigenvalue weighted by atomic mass is 19.5. The molecule has 0 radical (unpaired) electrons. The van der Waals surface area contributed by atoms with Crippen LogP contribution in [-0.2, 0) is 38.1 Å². The lowest BCUT2D eigenvalue weighted by atomic mass is 9.82. The van der Waals surface area contributed by atoms with Crippen molar-refractivity contribution in [3.8, 4) is 0 Å². The molecule has 0 heterocycles. The van der Waals surface area contributed by atoms with Gasteiger partial charge < -0.3 is 18.9 Å². The van der Waals surface area contributed by atoms with E-state index in [9.17, 15) is 344 Å². The lowest BCUT2D eigenvalue weighted by molar-refractivity contribution is -0.493. The molecule has 0 saturated carbocycles. The SMILES string of the molecule is CC(=O)OC(COC(=O)/C=C\C(=O)OCC(CC(F)(F)C(F)(F)C(F)(F)C(F)(F)C(F)(F)C(F)(F)C(F)(F)C(F)(F)C(F)(F)C(F)(F)C(F)(F)C(F)(F)C(F)(F)C(F)(F)C(F)(F)C(F)(F)C(F)(F)C(F)(F)F)OC(C)=O)CC(F)(F)C(F)(F)C(F)(F)C(F)(F)C(F)(F)C(F)(F)C(F)(F)C(F)(F)C(F)(F)C(F)(F)C(F)(F)C(F)(F)C(F)(F)C(F)(F)C(F)(F)C(F)(F)C(F)(F)C(F)(F)F. The van der Waals surface area contributed by atoms with Gasteiger partial charge in [-0.2, -0.15) is 325 Å². The molecule has 8 nitrogen and oxygen atoms in total. The Kier molecular flexibility index (Phi) is 31.2. The average molecular weight is 2150 g/mol. The minimum absolute atomic E-state index is 0.388. The highest BCUT2D eigenvalue weighted by Crippen LogP contribution is 2.75. The second-order valence-corrected chi connectivity index (χ2v) is 25.2. The summed E-state index contributed by atoms with van der Waals surface area (Å²) in [5.74, 6) is -357. The van der Waals surface area contributed by atoms with Crippen molar-refractivity contribution in [1.82, 2.24) is 0 Å². The number of alkyl halides is 74. The summed E-state index contributed by atoms with van der Waals surface area (Å²) in [6, 6.07) is 0. The zero-order chi connectivity index (χ0) is 109. The van der Waals surface area contributed by atoms with Gasteiger partial charge >= 0.3 is 238 Å². The summed E-state index contributed by atoms with van der Waals surface area (Å²) in [6.07, 6.45) is -36.5. The Bertz CT molecular complexity index is 3880. The monoisotopic (exact) mass is 2150 g/mol. The maximum Gasteiger partial charge on any atom is 0.460 e. The maximum absolute atomic E-state index is 14.9. The fourth-order valence-corrected chi connectivity index (χ4v) is 8.49. The van der Waals surface area contributed by atoms with E-state index in [-0.39, 0.29) is 13.8 Å². The fraction of sp³-hybridized carbons (Fsp3) is 0.880. The molecule has 0 aliphatic heterocycles. The van der Waals surface area contributed by atoms with Crippen LogP contribution in [0.5, 0.6) is 0 Å². The van der Waals surface area contributed by atoms with E-state index < -0.39 is 288 Å². The molecule has 0 aromatic carbocycles. The average Bonchev–Trinajstić information content (AvgIpc) is 0.676. The van der Waals surface area contributed by atoms with Crippen molar-refractivity contribution in [1.29, 1.82) is 0 Å². The molecule has 0 bridgehead atoms. The third kappa shape index (κ3) is 16.4. The number of hydrogen-bond donors (Lipinski definition) is 0. The Labute approximate surface area is 665 Å². The van der Waals surface area contributed by atoms with Crippen LogP contribution in [0.4, 0.5) is 325 Å². The zero-order valence-corrected chi connectivity index (χ0v) is 58.4. The standard InChI is InChI=1S/C50H18F74O8/c1-9(125)131-11(5-15(51,52)17(55,56)19(59,60)21(63,64)23(67,68)25(71,72)27(75,76)29(79,80)31(83,84)33(87,88)35(91,92)37(95,96)39(99,100)41(103,104)43(107,108)45(111,112)47(115,116)49(119,120)121)7-129-13(127)3-4-14(128)130-8-12(132-10(2)126)6-16(53,54)18(57,58)20(61,62)22(65,66)24(69,70)26(73,74)28(77,78)30(81,82)32(85,86)34(89,90)36(93,94)38(97,98)40(101,102)42(105,106)44(109,110)46(113,114)48(117,118)50(122,123)124/h3-4,11-12H,5-8H2,1-2H3/b4-3-. The summed E-state index contributed by atoms with van der Waals surface area (Å²) < 4.78 is 1060. The van der Waals surface area contributed by atoms with Crippen LogP contribution in [0.25, 0.3) is 0 Å². The first-order valence-corrected chi connectivity index (χ1v) is 29.4. The van der Waals surface area contributed by atoms with Gasteiger partial charge in [0.2, 0.25) is 0 Å². The predicted molar refractivity (Wildman–Crippen MR) is 252 cm³/mol. The number of carbonyl (C=O) groups is 4. The Morgan fingerprint density at radius 2 is 0.273 bits per heavy atom. The highest BCUT2D eigenvalue weighted by Gasteiger charge is 3.06. The van der Waals surface area contributed by atoms with E-state index in [2.05, 4.69) is 18.9 Å². The first kappa shape index (κ1) is 124. The molecule has 0 spiro atoms. The number of esters is 4. The van der Waals surface area contributed by atoms with E-state index >= 15 is 0 Å². The number of ether oxygens (including phenoxy) is 4. The van der Waals surface area contributed by atoms with E-state index in [1.54, 1.807) is 0 Å². The van der Waals surface area contributed by atoms with Gasteiger partial charge in [0.1, 0.15) is 25.4 Å². The second kappa shape index (κ2) is 33.1. The molecule has 82 heteroatoms. The van der Waals surface area contributed by atoms with Gasteiger partial charge in [-0.05, 0) is 0 Å². The molecule has 0 N–H and O–H groups in total. The lowest BCUT2D eigenvalue weighted by Gasteiger charge is -2.47. The largest absolute Gasteiger partial charge is 0.460 e. The van der Waals surface area contributed by atoms with Gasteiger partial charge in [0, 0.05) is 26.0 Å². The van der Waals surface area contributed by atoms with E-state index in [1.165, 1.54) is 0 Å². The minimum atomic E-state index is -10.8. The molecule has 0 aromatic rings. The highest BCUT2D eigenvalue weighted by molar-refractivity contribution is 5.91. The Morgan fingerprint density at radius 3 is 0.371 bits per heavy atom. The third-order valence-corrected chi connectivity index (χ3v) is 16.3. The van der Waals surface area contributed by atoms with Crippen LogP contribution < -0.4 is 0 Å². The first-order chi connectivity index (χ1) is 56.1. The van der Waals surface area contributed by atoms with Crippen LogP contribution in [-0.4, -0.2) is 263 Å². The molecule has 0 aromatic heterocycles. The Balaban J connectivity index is 7.56. The Hall–Kier alpha value is -7.56. The topological polar surface area (TPSA) is 105 Å². The number of carbonyl (C=O) groups excluding carboxylic acids is 4. The van der Waals surface area contributed by atoms with E-state index in [0.717, 1.165) is 0 Å². The lowest BCUT2D eigenvalue weighted by Crippen LogP contribution is -2.80. The van der Waals surface area contributed by atoms with Crippen molar-refractivity contribution in [2.24, 2.45) is 0 Å². The number of rotatable bonds is 44. The van der Waals surface area contributed by atoms with Gasteiger partial charge in [0.05, 0.1) is 12.8 Å². The normalized spacial score (nSPS) is 17.1. The van der Waals surface area contributed by atoms with E-state index in [4.69, 9.17) is 0 Å². The Morgan fingerprint density at radius 1 is 0.174 bits per heavy atom. The molecule has 0 aliphatic carbocycles. The second-order valence-electron chi connectivity index (χ2n) is 25.2. The summed E-state index contributed by atoms with van der Waals surface area (Å²) in [4.78, 5) is 46.9. The van der Waals surface area contributed by atoms with Gasteiger partial charge in [-0.15, -0.1) is 0 Å². The van der Waals surface area contributed by atoms with Crippen molar-refractivity contribution in [3.05, 3.63) is 12.2 Å². The van der Waals surface area contributed by atoms with Crippen LogP contribution in [0.1, 0.15) is 26.7 Å². The molecular weight excluding hydrogens is 2130 g/mol. The van der Waals surface area contributed by atoms with E-state index in [0.29, 0.717) is 0 Å². The molecular formula is C50H18F74O8. The van der Waals surface area contributed by atoms with Crippen LogP contribution in [0.2, 0.25) is 0 Å². The summed E-state index contributed by atoms with van der Waals surface area (Å²) in [5, 5.41) is 0. The molecule has 0 amide bonds. The van der Waals surface area contributed by atoms with Gasteiger partial charge in [-0.25, -0.2) is 9.59 Å².